The maximum atomic E-state index is 12.8. The first-order chi connectivity index (χ1) is 15.6. The van der Waals surface area contributed by atoms with Gasteiger partial charge in [-0.1, -0.05) is 41.1 Å². The summed E-state index contributed by atoms with van der Waals surface area (Å²) in [7, 11) is 0. The van der Waals surface area contributed by atoms with Crippen LogP contribution in [0.25, 0.3) is 11.2 Å². The largest absolute Gasteiger partial charge is 0.342 e. The number of aromatic nitrogens is 5. The fraction of sp³-hybridized carbons (Fsp3) is 0.318. The van der Waals surface area contributed by atoms with E-state index in [1.165, 1.54) is 0 Å². The van der Waals surface area contributed by atoms with Gasteiger partial charge in [-0.3, -0.25) is 9.59 Å². The molecule has 1 fully saturated rings. The average Bonchev–Trinajstić information content (AvgIpc) is 3.46. The van der Waals surface area contributed by atoms with Crippen LogP contribution in [-0.4, -0.2) is 48.9 Å². The van der Waals surface area contributed by atoms with Gasteiger partial charge in [-0.25, -0.2) is 9.67 Å². The number of H-pyrrole nitrogens is 1. The van der Waals surface area contributed by atoms with E-state index in [0.29, 0.717) is 36.0 Å². The van der Waals surface area contributed by atoms with Crippen LogP contribution in [0.3, 0.4) is 0 Å². The minimum atomic E-state index is -0.322. The molecule has 1 saturated heterocycles. The fourth-order valence-electron chi connectivity index (χ4n) is 4.07. The summed E-state index contributed by atoms with van der Waals surface area (Å²) in [5.74, 6) is 0.627. The van der Waals surface area contributed by atoms with Crippen molar-refractivity contribution in [3.63, 3.8) is 0 Å². The molecule has 32 heavy (non-hydrogen) atoms. The van der Waals surface area contributed by atoms with Crippen LogP contribution in [0.1, 0.15) is 35.0 Å². The molecule has 0 unspecified atom stereocenters. The van der Waals surface area contributed by atoms with E-state index in [1.54, 1.807) is 16.0 Å². The van der Waals surface area contributed by atoms with E-state index in [2.05, 4.69) is 15.3 Å². The maximum absolute atomic E-state index is 12.8. The minimum absolute atomic E-state index is 0.0446. The number of hydrogen-bond acceptors (Lipinski definition) is 6. The first-order valence-electron chi connectivity index (χ1n) is 10.5. The lowest BCUT2D eigenvalue weighted by molar-refractivity contribution is -0.131. The first-order valence-corrected chi connectivity index (χ1v) is 11.7. The molecule has 10 heteroatoms. The smallest absolute Gasteiger partial charge is 0.281 e. The molecule has 5 rings (SSSR count). The number of benzene rings is 1. The third-order valence-corrected chi connectivity index (χ3v) is 6.98. The number of halogens is 1. The lowest BCUT2D eigenvalue weighted by atomic mass is 9.97. The number of carbonyl (C=O) groups is 1. The highest BCUT2D eigenvalue weighted by Crippen LogP contribution is 2.26. The Hall–Kier alpha value is -3.04. The molecule has 164 valence electrons. The van der Waals surface area contributed by atoms with Crippen LogP contribution >= 0.6 is 22.9 Å². The molecule has 0 radical (unpaired) electrons. The molecule has 0 aliphatic carbocycles. The van der Waals surface area contributed by atoms with E-state index in [9.17, 15) is 9.59 Å². The van der Waals surface area contributed by atoms with E-state index in [-0.39, 0.29) is 22.9 Å². The Labute approximate surface area is 192 Å². The number of likely N-dealkylation sites (tertiary alicyclic amines) is 1. The van der Waals surface area contributed by atoms with Crippen molar-refractivity contribution in [2.24, 2.45) is 0 Å². The topological polar surface area (TPSA) is 96.8 Å². The van der Waals surface area contributed by atoms with Crippen molar-refractivity contribution in [3.05, 3.63) is 73.4 Å². The molecule has 3 aromatic heterocycles. The van der Waals surface area contributed by atoms with Gasteiger partial charge in [0.25, 0.3) is 5.56 Å². The predicted molar refractivity (Wildman–Crippen MR) is 123 cm³/mol. The third-order valence-electron chi connectivity index (χ3n) is 5.74. The van der Waals surface area contributed by atoms with Gasteiger partial charge in [-0.2, -0.15) is 0 Å². The quantitative estimate of drug-likeness (QED) is 0.485. The molecule has 1 N–H and O–H groups in total. The summed E-state index contributed by atoms with van der Waals surface area (Å²) in [6.45, 7) is 1.62. The molecule has 1 atom stereocenters. The molecule has 1 aliphatic rings. The van der Waals surface area contributed by atoms with Gasteiger partial charge in [0.2, 0.25) is 5.91 Å². The second-order valence-electron chi connectivity index (χ2n) is 7.90. The lowest BCUT2D eigenvalue weighted by Gasteiger charge is -2.32. The molecule has 4 heterocycles. The summed E-state index contributed by atoms with van der Waals surface area (Å²) in [6, 6.07) is 11.4. The Morgan fingerprint density at radius 1 is 1.25 bits per heavy atom. The van der Waals surface area contributed by atoms with Crippen LogP contribution < -0.4 is 5.56 Å². The van der Waals surface area contributed by atoms with Gasteiger partial charge in [0.15, 0.2) is 11.2 Å². The molecule has 0 bridgehead atoms. The molecule has 1 aromatic carbocycles. The molecule has 0 spiro atoms. The SMILES string of the molecule is O=C(Cc1cccs1)N1CCC[C@H](c2nc3c(nnn3Cc3ccccc3Cl)c(=O)[nH]2)C1. The summed E-state index contributed by atoms with van der Waals surface area (Å²) in [5.41, 5.74) is 1.16. The minimum Gasteiger partial charge on any atom is -0.342 e. The van der Waals surface area contributed by atoms with Crippen molar-refractivity contribution in [3.8, 4) is 0 Å². The molecule has 0 saturated carbocycles. The Morgan fingerprint density at radius 3 is 2.94 bits per heavy atom. The summed E-state index contributed by atoms with van der Waals surface area (Å²) >= 11 is 7.87. The van der Waals surface area contributed by atoms with Crippen LogP contribution in [0.2, 0.25) is 5.02 Å². The fourth-order valence-corrected chi connectivity index (χ4v) is 4.96. The molecule has 8 nitrogen and oxygen atoms in total. The van der Waals surface area contributed by atoms with Gasteiger partial charge in [0.1, 0.15) is 5.82 Å². The Morgan fingerprint density at radius 2 is 2.12 bits per heavy atom. The van der Waals surface area contributed by atoms with Gasteiger partial charge < -0.3 is 9.88 Å². The van der Waals surface area contributed by atoms with E-state index < -0.39 is 0 Å². The lowest BCUT2D eigenvalue weighted by Crippen LogP contribution is -2.40. The predicted octanol–water partition coefficient (Wildman–Crippen LogP) is 3.23. The summed E-state index contributed by atoms with van der Waals surface area (Å²) in [5, 5.41) is 10.7. The van der Waals surface area contributed by atoms with Gasteiger partial charge in [-0.15, -0.1) is 16.4 Å². The Kier molecular flexibility index (Phi) is 5.75. The summed E-state index contributed by atoms with van der Waals surface area (Å²) in [4.78, 5) is 36.0. The van der Waals surface area contributed by atoms with Crippen LogP contribution in [0.5, 0.6) is 0 Å². The number of hydrogen-bond donors (Lipinski definition) is 1. The van der Waals surface area contributed by atoms with Crippen molar-refractivity contribution in [2.45, 2.75) is 31.7 Å². The highest BCUT2D eigenvalue weighted by molar-refractivity contribution is 7.10. The number of rotatable bonds is 5. The van der Waals surface area contributed by atoms with Gasteiger partial charge in [0.05, 0.1) is 13.0 Å². The van der Waals surface area contributed by atoms with Crippen molar-refractivity contribution in [1.82, 2.24) is 29.9 Å². The van der Waals surface area contributed by atoms with Crippen molar-refractivity contribution in [1.29, 1.82) is 0 Å². The average molecular weight is 469 g/mol. The van der Waals surface area contributed by atoms with E-state index in [1.807, 2.05) is 46.7 Å². The zero-order valence-electron chi connectivity index (χ0n) is 17.2. The Bertz CT molecular complexity index is 1320. The molecule has 4 aromatic rings. The van der Waals surface area contributed by atoms with Crippen molar-refractivity contribution >= 4 is 40.0 Å². The molecular formula is C22H21ClN6O2S. The third kappa shape index (κ3) is 4.18. The summed E-state index contributed by atoms with van der Waals surface area (Å²) < 4.78 is 1.60. The van der Waals surface area contributed by atoms with E-state index >= 15 is 0 Å². The van der Waals surface area contributed by atoms with E-state index in [4.69, 9.17) is 16.6 Å². The zero-order valence-corrected chi connectivity index (χ0v) is 18.8. The maximum Gasteiger partial charge on any atom is 0.281 e. The van der Waals surface area contributed by atoms with Crippen LogP contribution in [0.15, 0.2) is 46.6 Å². The second kappa shape index (κ2) is 8.84. The van der Waals surface area contributed by atoms with Crippen LogP contribution in [0, 0.1) is 0 Å². The zero-order chi connectivity index (χ0) is 22.1. The van der Waals surface area contributed by atoms with Gasteiger partial charge in [-0.05, 0) is 35.9 Å². The van der Waals surface area contributed by atoms with Crippen LogP contribution in [-0.2, 0) is 17.8 Å². The molecule has 1 amide bonds. The molecule has 1 aliphatic heterocycles. The number of nitrogens with one attached hydrogen (secondary N) is 1. The highest BCUT2D eigenvalue weighted by atomic mass is 35.5. The van der Waals surface area contributed by atoms with Crippen LogP contribution in [0.4, 0.5) is 0 Å². The number of amides is 1. The number of piperidine rings is 1. The number of thiophene rings is 1. The van der Waals surface area contributed by atoms with Gasteiger partial charge in [0, 0.05) is 28.9 Å². The number of nitrogens with zero attached hydrogens (tertiary/aromatic N) is 5. The second-order valence-corrected chi connectivity index (χ2v) is 9.34. The normalized spacial score (nSPS) is 16.5. The van der Waals surface area contributed by atoms with E-state index in [0.717, 1.165) is 29.8 Å². The summed E-state index contributed by atoms with van der Waals surface area (Å²) in [6.07, 6.45) is 2.12. The Balaban J connectivity index is 1.40. The molecular weight excluding hydrogens is 448 g/mol. The van der Waals surface area contributed by atoms with Crippen molar-refractivity contribution < 1.29 is 4.79 Å². The first kappa shape index (κ1) is 20.8. The van der Waals surface area contributed by atoms with Crippen molar-refractivity contribution in [2.75, 3.05) is 13.1 Å². The highest BCUT2D eigenvalue weighted by Gasteiger charge is 2.27. The standard InChI is InChI=1S/C22H21ClN6O2S/c23-17-8-2-1-5-14(17)13-29-21-19(26-27-29)22(31)25-20(24-21)15-6-3-9-28(12-15)18(30)11-16-7-4-10-32-16/h1-2,4-5,7-8,10,15H,3,6,9,11-13H2,(H,24,25,31)/t15-/m0/s1. The number of aromatic amines is 1. The monoisotopic (exact) mass is 468 g/mol. The number of fused-ring (bicyclic) bond motifs is 1. The number of carbonyl (C=O) groups excluding carboxylic acids is 1. The van der Waals surface area contributed by atoms with Gasteiger partial charge >= 0.3 is 0 Å².